The van der Waals surface area contributed by atoms with E-state index >= 15 is 0 Å². The lowest BCUT2D eigenvalue weighted by atomic mass is 9.96. The molecule has 4 unspecified atom stereocenters. The molecule has 3 rings (SSSR count). The third-order valence-corrected chi connectivity index (χ3v) is 3.78. The molecule has 0 aliphatic carbocycles. The van der Waals surface area contributed by atoms with Crippen molar-refractivity contribution in [2.45, 2.75) is 31.0 Å². The van der Waals surface area contributed by atoms with E-state index in [0.29, 0.717) is 17.0 Å². The highest BCUT2D eigenvalue weighted by atomic mass is 16.6. The van der Waals surface area contributed by atoms with Crippen LogP contribution in [0.4, 0.5) is 5.82 Å². The Morgan fingerprint density at radius 2 is 2.19 bits per heavy atom. The number of aliphatic hydroxyl groups excluding tert-OH is 2. The first-order valence-electron chi connectivity index (χ1n) is 6.52. The van der Waals surface area contributed by atoms with Gasteiger partial charge >= 0.3 is 0 Å². The zero-order chi connectivity index (χ0) is 15.2. The minimum Gasteiger partial charge on any atom is -0.394 e. The van der Waals surface area contributed by atoms with E-state index < -0.39 is 30.6 Å². The summed E-state index contributed by atoms with van der Waals surface area (Å²) < 4.78 is 7.08. The lowest BCUT2D eigenvalue weighted by Crippen LogP contribution is -2.44. The number of nitrogens with zero attached hydrogens (tertiary/aromatic N) is 4. The SMILES string of the molecule is CNc1ncnc2c1ncn2C1OC(CO)C(O)C1(C)O. The fraction of sp³-hybridized carbons (Fsp3) is 0.583. The number of aliphatic hydroxyl groups is 3. The first-order valence-corrected chi connectivity index (χ1v) is 6.52. The largest absolute Gasteiger partial charge is 0.394 e. The van der Waals surface area contributed by atoms with Crippen molar-refractivity contribution >= 4 is 17.0 Å². The van der Waals surface area contributed by atoms with Crippen molar-refractivity contribution in [2.75, 3.05) is 19.0 Å². The molecule has 0 spiro atoms. The highest BCUT2D eigenvalue weighted by molar-refractivity contribution is 5.82. The van der Waals surface area contributed by atoms with E-state index in [1.54, 1.807) is 7.05 Å². The van der Waals surface area contributed by atoms with Gasteiger partial charge in [0.05, 0.1) is 12.9 Å². The summed E-state index contributed by atoms with van der Waals surface area (Å²) in [4.78, 5) is 12.4. The number of fused-ring (bicyclic) bond motifs is 1. The summed E-state index contributed by atoms with van der Waals surface area (Å²) in [6.45, 7) is 1.06. The van der Waals surface area contributed by atoms with Gasteiger partial charge in [-0.05, 0) is 6.92 Å². The van der Waals surface area contributed by atoms with Crippen LogP contribution in [0.25, 0.3) is 11.2 Å². The zero-order valence-electron chi connectivity index (χ0n) is 11.6. The van der Waals surface area contributed by atoms with Gasteiger partial charge in [-0.2, -0.15) is 0 Å². The fourth-order valence-corrected chi connectivity index (χ4v) is 2.60. The van der Waals surface area contributed by atoms with Crippen LogP contribution in [-0.4, -0.2) is 66.3 Å². The van der Waals surface area contributed by atoms with Crippen LogP contribution in [0.1, 0.15) is 13.2 Å². The summed E-state index contributed by atoms with van der Waals surface area (Å²) in [6, 6.07) is 0. The molecular weight excluding hydrogens is 278 g/mol. The van der Waals surface area contributed by atoms with Gasteiger partial charge in [0.25, 0.3) is 0 Å². The molecule has 114 valence electrons. The summed E-state index contributed by atoms with van der Waals surface area (Å²) in [6.07, 6.45) is -0.153. The van der Waals surface area contributed by atoms with E-state index in [2.05, 4.69) is 20.3 Å². The minimum absolute atomic E-state index is 0.392. The Morgan fingerprint density at radius 1 is 1.43 bits per heavy atom. The highest BCUT2D eigenvalue weighted by Gasteiger charge is 2.53. The number of aromatic nitrogens is 4. The molecule has 0 saturated carbocycles. The Kier molecular flexibility index (Phi) is 3.29. The van der Waals surface area contributed by atoms with E-state index in [1.165, 1.54) is 24.1 Å². The van der Waals surface area contributed by atoms with Crippen molar-refractivity contribution in [2.24, 2.45) is 0 Å². The molecule has 1 fully saturated rings. The van der Waals surface area contributed by atoms with Crippen LogP contribution in [0.3, 0.4) is 0 Å². The van der Waals surface area contributed by atoms with Gasteiger partial charge in [-0.3, -0.25) is 4.57 Å². The van der Waals surface area contributed by atoms with Crippen molar-refractivity contribution in [1.29, 1.82) is 0 Å². The molecule has 4 atom stereocenters. The van der Waals surface area contributed by atoms with Gasteiger partial charge in [-0.25, -0.2) is 15.0 Å². The zero-order valence-corrected chi connectivity index (χ0v) is 11.6. The molecule has 3 heterocycles. The van der Waals surface area contributed by atoms with Crippen LogP contribution in [0.2, 0.25) is 0 Å². The van der Waals surface area contributed by atoms with E-state index in [4.69, 9.17) is 4.74 Å². The van der Waals surface area contributed by atoms with Crippen molar-refractivity contribution < 1.29 is 20.1 Å². The first kappa shape index (κ1) is 14.1. The Morgan fingerprint density at radius 3 is 2.81 bits per heavy atom. The quantitative estimate of drug-likeness (QED) is 0.560. The molecule has 1 saturated heterocycles. The Balaban J connectivity index is 2.09. The van der Waals surface area contributed by atoms with Crippen LogP contribution in [-0.2, 0) is 4.74 Å². The molecule has 1 aliphatic rings. The molecule has 0 aromatic carbocycles. The standard InChI is InChI=1S/C12H17N5O4/c1-12(20)8(19)6(3-18)21-11(12)17-5-16-7-9(13-2)14-4-15-10(7)17/h4-6,8,11,18-20H,3H2,1-2H3,(H,13,14,15). The predicted molar refractivity (Wildman–Crippen MR) is 72.5 cm³/mol. The van der Waals surface area contributed by atoms with Crippen LogP contribution in [0.5, 0.6) is 0 Å². The molecular formula is C12H17N5O4. The van der Waals surface area contributed by atoms with E-state index in [9.17, 15) is 15.3 Å². The van der Waals surface area contributed by atoms with E-state index in [-0.39, 0.29) is 0 Å². The molecule has 2 aromatic heterocycles. The van der Waals surface area contributed by atoms with E-state index in [1.807, 2.05) is 0 Å². The predicted octanol–water partition coefficient (Wildman–Crippen LogP) is -1.13. The second-order valence-corrected chi connectivity index (χ2v) is 5.18. The van der Waals surface area contributed by atoms with Gasteiger partial charge in [-0.15, -0.1) is 0 Å². The molecule has 0 radical (unpaired) electrons. The smallest absolute Gasteiger partial charge is 0.168 e. The summed E-state index contributed by atoms with van der Waals surface area (Å²) in [5.41, 5.74) is -0.585. The number of hydrogen-bond donors (Lipinski definition) is 4. The van der Waals surface area contributed by atoms with Crippen LogP contribution in [0.15, 0.2) is 12.7 Å². The summed E-state index contributed by atoms with van der Waals surface area (Å²) >= 11 is 0. The normalized spacial score (nSPS) is 32.7. The van der Waals surface area contributed by atoms with Crippen molar-refractivity contribution in [3.8, 4) is 0 Å². The third-order valence-electron chi connectivity index (χ3n) is 3.78. The molecule has 4 N–H and O–H groups in total. The van der Waals surface area contributed by atoms with Gasteiger partial charge in [0.2, 0.25) is 0 Å². The van der Waals surface area contributed by atoms with Gasteiger partial charge < -0.3 is 25.4 Å². The number of imidazole rings is 1. The number of hydrogen-bond acceptors (Lipinski definition) is 8. The molecule has 21 heavy (non-hydrogen) atoms. The Bertz CT molecular complexity index is 658. The minimum atomic E-state index is -1.58. The topological polar surface area (TPSA) is 126 Å². The maximum absolute atomic E-state index is 10.5. The summed E-state index contributed by atoms with van der Waals surface area (Å²) in [5, 5.41) is 32.7. The third kappa shape index (κ3) is 1.97. The lowest BCUT2D eigenvalue weighted by molar-refractivity contribution is -0.0950. The van der Waals surface area contributed by atoms with Gasteiger partial charge in [0.15, 0.2) is 17.7 Å². The van der Waals surface area contributed by atoms with Crippen molar-refractivity contribution in [3.05, 3.63) is 12.7 Å². The highest BCUT2D eigenvalue weighted by Crippen LogP contribution is 2.39. The second-order valence-electron chi connectivity index (χ2n) is 5.18. The Labute approximate surface area is 120 Å². The molecule has 0 bridgehead atoms. The fourth-order valence-electron chi connectivity index (χ4n) is 2.60. The second kappa shape index (κ2) is 4.88. The Hall–Kier alpha value is -1.81. The summed E-state index contributed by atoms with van der Waals surface area (Å²) in [5.74, 6) is 0.552. The maximum atomic E-state index is 10.5. The average molecular weight is 295 g/mol. The van der Waals surface area contributed by atoms with E-state index in [0.717, 1.165) is 0 Å². The molecule has 0 amide bonds. The lowest BCUT2D eigenvalue weighted by Gasteiger charge is -2.27. The number of rotatable bonds is 3. The number of ether oxygens (including phenoxy) is 1. The first-order chi connectivity index (χ1) is 10.0. The average Bonchev–Trinajstić information content (AvgIpc) is 2.99. The monoisotopic (exact) mass is 295 g/mol. The molecule has 2 aromatic rings. The van der Waals surface area contributed by atoms with Gasteiger partial charge in [-0.1, -0.05) is 0 Å². The number of anilines is 1. The number of nitrogens with one attached hydrogen (secondary N) is 1. The molecule has 9 heteroatoms. The van der Waals surface area contributed by atoms with Crippen molar-refractivity contribution in [1.82, 2.24) is 19.5 Å². The van der Waals surface area contributed by atoms with Gasteiger partial charge in [0.1, 0.15) is 29.7 Å². The molecule has 1 aliphatic heterocycles. The van der Waals surface area contributed by atoms with Gasteiger partial charge in [0, 0.05) is 7.05 Å². The summed E-state index contributed by atoms with van der Waals surface area (Å²) in [7, 11) is 1.72. The van der Waals surface area contributed by atoms with Crippen LogP contribution >= 0.6 is 0 Å². The molecule has 9 nitrogen and oxygen atoms in total. The maximum Gasteiger partial charge on any atom is 0.168 e. The van der Waals surface area contributed by atoms with Crippen molar-refractivity contribution in [3.63, 3.8) is 0 Å². The van der Waals surface area contributed by atoms with Crippen LogP contribution < -0.4 is 5.32 Å². The van der Waals surface area contributed by atoms with Crippen LogP contribution in [0, 0.1) is 0 Å².